The molecule has 13 heavy (non-hydrogen) atoms. The van der Waals surface area contributed by atoms with Gasteiger partial charge >= 0.3 is 5.69 Å². The van der Waals surface area contributed by atoms with Crippen LogP contribution in [0, 0.1) is 10.1 Å². The first-order valence-corrected chi connectivity index (χ1v) is 3.99. The lowest BCUT2D eigenvalue weighted by Gasteiger charge is -2.04. The first-order chi connectivity index (χ1) is 6.02. The maximum atomic E-state index is 10.3. The molecule has 0 aliphatic rings. The number of rotatable bonds is 2. The zero-order valence-electron chi connectivity index (χ0n) is 7.52. The summed E-state index contributed by atoms with van der Waals surface area (Å²) in [6, 6.07) is 4.41. The number of hydrogen-bond acceptors (Lipinski definition) is 3. The molecule has 0 spiro atoms. The Kier molecular flexibility index (Phi) is 2.51. The molecule has 0 aliphatic carbocycles. The zero-order valence-corrected chi connectivity index (χ0v) is 7.52. The van der Waals surface area contributed by atoms with Crippen molar-refractivity contribution in [2.45, 2.75) is 19.8 Å². The summed E-state index contributed by atoms with van der Waals surface area (Å²) >= 11 is 0. The maximum Gasteiger partial charge on any atom is 0.310 e. The van der Waals surface area contributed by atoms with Gasteiger partial charge in [0, 0.05) is 6.07 Å². The summed E-state index contributed by atoms with van der Waals surface area (Å²) in [4.78, 5) is 9.75. The number of hydrogen-bond donors (Lipinski definition) is 1. The van der Waals surface area contributed by atoms with Crippen molar-refractivity contribution in [2.75, 3.05) is 0 Å². The van der Waals surface area contributed by atoms with Crippen LogP contribution in [-0.4, -0.2) is 10.0 Å². The fourth-order valence-electron chi connectivity index (χ4n) is 1.05. The number of nitrogens with zero attached hydrogens (tertiary/aromatic N) is 1. The van der Waals surface area contributed by atoms with E-state index in [1.807, 2.05) is 13.8 Å². The van der Waals surface area contributed by atoms with E-state index in [2.05, 4.69) is 0 Å². The van der Waals surface area contributed by atoms with Crippen molar-refractivity contribution in [1.29, 1.82) is 0 Å². The van der Waals surface area contributed by atoms with E-state index >= 15 is 0 Å². The number of phenolic OH excluding ortho intramolecular Hbond substituents is 1. The van der Waals surface area contributed by atoms with Gasteiger partial charge in [-0.05, 0) is 17.5 Å². The molecular weight excluding hydrogens is 170 g/mol. The van der Waals surface area contributed by atoms with E-state index in [0.717, 1.165) is 5.56 Å². The summed E-state index contributed by atoms with van der Waals surface area (Å²) in [5.74, 6) is -0.0112. The van der Waals surface area contributed by atoms with E-state index in [-0.39, 0.29) is 17.4 Å². The lowest BCUT2D eigenvalue weighted by molar-refractivity contribution is -0.385. The topological polar surface area (TPSA) is 63.4 Å². The highest BCUT2D eigenvalue weighted by atomic mass is 16.6. The SMILES string of the molecule is CC(C)c1ccc([N+](=O)[O-])c(O)c1. The van der Waals surface area contributed by atoms with Gasteiger partial charge in [0.25, 0.3) is 0 Å². The normalized spacial score (nSPS) is 10.4. The predicted octanol–water partition coefficient (Wildman–Crippen LogP) is 2.42. The van der Waals surface area contributed by atoms with Crippen LogP contribution in [0.25, 0.3) is 0 Å². The Labute approximate surface area is 76.0 Å². The van der Waals surface area contributed by atoms with Crippen LogP contribution in [0.4, 0.5) is 5.69 Å². The van der Waals surface area contributed by atoms with Gasteiger partial charge in [-0.25, -0.2) is 0 Å². The zero-order chi connectivity index (χ0) is 10.0. The Morgan fingerprint density at radius 3 is 2.46 bits per heavy atom. The van der Waals surface area contributed by atoms with Gasteiger partial charge in [-0.1, -0.05) is 19.9 Å². The van der Waals surface area contributed by atoms with Crippen LogP contribution >= 0.6 is 0 Å². The van der Waals surface area contributed by atoms with Crippen LogP contribution in [0.1, 0.15) is 25.3 Å². The van der Waals surface area contributed by atoms with E-state index in [1.54, 1.807) is 6.07 Å². The summed E-state index contributed by atoms with van der Waals surface area (Å²) in [6.45, 7) is 3.92. The van der Waals surface area contributed by atoms with Gasteiger partial charge < -0.3 is 5.11 Å². The standard InChI is InChI=1S/C9H11NO3/c1-6(2)7-3-4-8(10(12)13)9(11)5-7/h3-6,11H,1-2H3. The molecule has 70 valence electrons. The predicted molar refractivity (Wildman–Crippen MR) is 48.9 cm³/mol. The van der Waals surface area contributed by atoms with Gasteiger partial charge in [0.15, 0.2) is 5.75 Å². The van der Waals surface area contributed by atoms with Crippen molar-refractivity contribution < 1.29 is 10.0 Å². The van der Waals surface area contributed by atoms with Crippen molar-refractivity contribution in [1.82, 2.24) is 0 Å². The minimum absolute atomic E-state index is 0.246. The molecular formula is C9H11NO3. The van der Waals surface area contributed by atoms with Gasteiger partial charge in [0.05, 0.1) is 4.92 Å². The molecule has 4 nitrogen and oxygen atoms in total. The maximum absolute atomic E-state index is 10.3. The second kappa shape index (κ2) is 3.43. The van der Waals surface area contributed by atoms with Crippen LogP contribution < -0.4 is 0 Å². The van der Waals surface area contributed by atoms with Crippen LogP contribution in [0.3, 0.4) is 0 Å². The third kappa shape index (κ3) is 1.96. The Morgan fingerprint density at radius 1 is 1.46 bits per heavy atom. The number of benzene rings is 1. The van der Waals surface area contributed by atoms with E-state index < -0.39 is 4.92 Å². The van der Waals surface area contributed by atoms with Crippen molar-refractivity contribution in [3.63, 3.8) is 0 Å². The minimum Gasteiger partial charge on any atom is -0.502 e. The Balaban J connectivity index is 3.13. The summed E-state index contributed by atoms with van der Waals surface area (Å²) in [6.07, 6.45) is 0. The summed E-state index contributed by atoms with van der Waals surface area (Å²) < 4.78 is 0. The first kappa shape index (κ1) is 9.51. The van der Waals surface area contributed by atoms with Crippen molar-refractivity contribution in [3.8, 4) is 5.75 Å². The van der Waals surface area contributed by atoms with Crippen LogP contribution in [0.5, 0.6) is 5.75 Å². The minimum atomic E-state index is -0.598. The summed E-state index contributed by atoms with van der Waals surface area (Å²) in [7, 11) is 0. The van der Waals surface area contributed by atoms with Crippen molar-refractivity contribution in [3.05, 3.63) is 33.9 Å². The third-order valence-corrected chi connectivity index (χ3v) is 1.86. The second-order valence-electron chi connectivity index (χ2n) is 3.16. The molecule has 1 aromatic carbocycles. The Morgan fingerprint density at radius 2 is 2.08 bits per heavy atom. The highest BCUT2D eigenvalue weighted by molar-refractivity contribution is 5.47. The average molecular weight is 181 g/mol. The molecule has 0 saturated heterocycles. The number of aromatic hydroxyl groups is 1. The molecule has 1 aromatic rings. The van der Waals surface area contributed by atoms with Gasteiger partial charge in [0.2, 0.25) is 0 Å². The highest BCUT2D eigenvalue weighted by Gasteiger charge is 2.13. The summed E-state index contributed by atoms with van der Waals surface area (Å²) in [5, 5.41) is 19.6. The van der Waals surface area contributed by atoms with Gasteiger partial charge in [0.1, 0.15) is 0 Å². The van der Waals surface area contributed by atoms with E-state index in [0.29, 0.717) is 0 Å². The van der Waals surface area contributed by atoms with Crippen molar-refractivity contribution >= 4 is 5.69 Å². The molecule has 1 rings (SSSR count). The second-order valence-corrected chi connectivity index (χ2v) is 3.16. The Hall–Kier alpha value is -1.58. The number of nitro groups is 1. The molecule has 0 unspecified atom stereocenters. The number of nitro benzene ring substituents is 1. The molecule has 0 saturated carbocycles. The Bertz CT molecular complexity index is 334. The smallest absolute Gasteiger partial charge is 0.310 e. The molecule has 0 aromatic heterocycles. The fraction of sp³-hybridized carbons (Fsp3) is 0.333. The van der Waals surface area contributed by atoms with E-state index in [4.69, 9.17) is 0 Å². The summed E-state index contributed by atoms with van der Waals surface area (Å²) in [5.41, 5.74) is 0.646. The average Bonchev–Trinajstić information content (AvgIpc) is 2.03. The van der Waals surface area contributed by atoms with Gasteiger partial charge in [-0.15, -0.1) is 0 Å². The quantitative estimate of drug-likeness (QED) is 0.562. The third-order valence-electron chi connectivity index (χ3n) is 1.86. The molecule has 0 bridgehead atoms. The lowest BCUT2D eigenvalue weighted by atomic mass is 10.0. The molecule has 1 N–H and O–H groups in total. The molecule has 0 atom stereocenters. The fourth-order valence-corrected chi connectivity index (χ4v) is 1.05. The van der Waals surface area contributed by atoms with Crippen molar-refractivity contribution in [2.24, 2.45) is 0 Å². The van der Waals surface area contributed by atoms with E-state index in [1.165, 1.54) is 12.1 Å². The molecule has 0 amide bonds. The number of phenols is 1. The van der Waals surface area contributed by atoms with Gasteiger partial charge in [-0.3, -0.25) is 10.1 Å². The monoisotopic (exact) mass is 181 g/mol. The molecule has 0 fully saturated rings. The van der Waals surface area contributed by atoms with Gasteiger partial charge in [-0.2, -0.15) is 0 Å². The van der Waals surface area contributed by atoms with Crippen LogP contribution in [-0.2, 0) is 0 Å². The van der Waals surface area contributed by atoms with Crippen LogP contribution in [0.15, 0.2) is 18.2 Å². The molecule has 0 aliphatic heterocycles. The lowest BCUT2D eigenvalue weighted by Crippen LogP contribution is -1.91. The van der Waals surface area contributed by atoms with E-state index in [9.17, 15) is 15.2 Å². The molecule has 4 heteroatoms. The van der Waals surface area contributed by atoms with Crippen LogP contribution in [0.2, 0.25) is 0 Å². The highest BCUT2D eigenvalue weighted by Crippen LogP contribution is 2.28. The molecule has 0 radical (unpaired) electrons. The first-order valence-electron chi connectivity index (χ1n) is 3.99. The molecule has 0 heterocycles. The largest absolute Gasteiger partial charge is 0.502 e.